The number of carbonyl (C=O) groups is 2. The number of nitrogens with zero attached hydrogens (tertiary/aromatic N) is 2. The van der Waals surface area contributed by atoms with Gasteiger partial charge in [0.1, 0.15) is 5.69 Å². The van der Waals surface area contributed by atoms with Gasteiger partial charge >= 0.3 is 0 Å². The van der Waals surface area contributed by atoms with E-state index in [9.17, 15) is 9.59 Å². The predicted octanol–water partition coefficient (Wildman–Crippen LogP) is 0.800. The monoisotopic (exact) mass is 352 g/mol. The van der Waals surface area contributed by atoms with E-state index in [2.05, 4.69) is 22.4 Å². The molecule has 3 heterocycles. The van der Waals surface area contributed by atoms with Gasteiger partial charge in [0, 0.05) is 31.7 Å². The summed E-state index contributed by atoms with van der Waals surface area (Å²) in [6.45, 7) is 1.77. The second kappa shape index (κ2) is 6.86. The molecule has 7 heteroatoms. The Morgan fingerprint density at radius 1 is 1.15 bits per heavy atom. The highest BCUT2D eigenvalue weighted by atomic mass is 16.5. The summed E-state index contributed by atoms with van der Waals surface area (Å²) in [5.41, 5.74) is 5.99. The third-order valence-corrected chi connectivity index (χ3v) is 5.07. The maximum absolute atomic E-state index is 12.9. The first-order valence-corrected chi connectivity index (χ1v) is 8.68. The first kappa shape index (κ1) is 16.7. The molecular formula is C19H20N4O3. The van der Waals surface area contributed by atoms with Crippen molar-refractivity contribution in [2.24, 2.45) is 0 Å². The molecule has 2 aromatic rings. The second-order valence-electron chi connectivity index (χ2n) is 6.66. The topological polar surface area (TPSA) is 94.6 Å². The van der Waals surface area contributed by atoms with Crippen molar-refractivity contribution in [2.75, 3.05) is 6.54 Å². The quantitative estimate of drug-likeness (QED) is 0.549. The maximum atomic E-state index is 12.9. The van der Waals surface area contributed by atoms with Crippen LogP contribution in [0.3, 0.4) is 0 Å². The van der Waals surface area contributed by atoms with Gasteiger partial charge in [-0.05, 0) is 29.2 Å². The standard InChI is InChI=1S/C19H20N4O3/c24-18(22-26)16-6-5-14-11-23(8-7-15(14)21-16)19(25)17-9-12-3-1-2-4-13(12)10-20-17/h1-6,17,20,26H,7-11H2,(H,22,24). The molecule has 1 atom stereocenters. The van der Waals surface area contributed by atoms with E-state index < -0.39 is 5.91 Å². The Kier molecular flexibility index (Phi) is 4.40. The largest absolute Gasteiger partial charge is 0.337 e. The average Bonchev–Trinajstić information content (AvgIpc) is 2.71. The molecule has 134 valence electrons. The van der Waals surface area contributed by atoms with Gasteiger partial charge in [0.2, 0.25) is 5.91 Å². The number of pyridine rings is 1. The molecule has 3 N–H and O–H groups in total. The molecule has 0 aliphatic carbocycles. The van der Waals surface area contributed by atoms with Crippen LogP contribution in [0, 0.1) is 0 Å². The minimum Gasteiger partial charge on any atom is -0.337 e. The second-order valence-corrected chi connectivity index (χ2v) is 6.66. The highest BCUT2D eigenvalue weighted by molar-refractivity contribution is 5.91. The molecular weight excluding hydrogens is 332 g/mol. The molecule has 0 spiro atoms. The summed E-state index contributed by atoms with van der Waals surface area (Å²) in [5.74, 6) is -0.529. The highest BCUT2D eigenvalue weighted by Crippen LogP contribution is 2.22. The van der Waals surface area contributed by atoms with Crippen molar-refractivity contribution >= 4 is 11.8 Å². The van der Waals surface area contributed by atoms with Crippen LogP contribution in [0.2, 0.25) is 0 Å². The van der Waals surface area contributed by atoms with Crippen LogP contribution in [-0.4, -0.2) is 39.5 Å². The summed E-state index contributed by atoms with van der Waals surface area (Å²) in [6, 6.07) is 11.4. The van der Waals surface area contributed by atoms with Crippen molar-refractivity contribution in [1.29, 1.82) is 0 Å². The Morgan fingerprint density at radius 2 is 1.96 bits per heavy atom. The first-order chi connectivity index (χ1) is 12.7. The number of aromatic nitrogens is 1. The number of amides is 2. The van der Waals surface area contributed by atoms with Crippen molar-refractivity contribution in [3.05, 3.63) is 64.5 Å². The van der Waals surface area contributed by atoms with Crippen LogP contribution in [0.4, 0.5) is 0 Å². The molecule has 1 aromatic heterocycles. The smallest absolute Gasteiger partial charge is 0.293 e. The number of rotatable bonds is 2. The lowest BCUT2D eigenvalue weighted by atomic mass is 9.94. The van der Waals surface area contributed by atoms with E-state index in [4.69, 9.17) is 5.21 Å². The molecule has 0 saturated carbocycles. The molecule has 0 bridgehead atoms. The van der Waals surface area contributed by atoms with Gasteiger partial charge in [0.05, 0.1) is 6.04 Å². The van der Waals surface area contributed by atoms with Crippen molar-refractivity contribution in [3.63, 3.8) is 0 Å². The van der Waals surface area contributed by atoms with E-state index in [1.807, 2.05) is 17.0 Å². The van der Waals surface area contributed by atoms with Crippen LogP contribution in [0.25, 0.3) is 0 Å². The number of nitrogens with one attached hydrogen (secondary N) is 2. The van der Waals surface area contributed by atoms with E-state index in [0.717, 1.165) is 11.3 Å². The Balaban J connectivity index is 1.47. The fourth-order valence-corrected chi connectivity index (χ4v) is 3.64. The van der Waals surface area contributed by atoms with Crippen LogP contribution in [0.15, 0.2) is 36.4 Å². The lowest BCUT2D eigenvalue weighted by Gasteiger charge is -2.33. The number of hydrogen-bond donors (Lipinski definition) is 3. The van der Waals surface area contributed by atoms with Crippen molar-refractivity contribution in [2.45, 2.75) is 32.0 Å². The highest BCUT2D eigenvalue weighted by Gasteiger charge is 2.30. The number of fused-ring (bicyclic) bond motifs is 2. The number of benzene rings is 1. The van der Waals surface area contributed by atoms with E-state index in [1.54, 1.807) is 17.6 Å². The molecule has 2 aliphatic rings. The van der Waals surface area contributed by atoms with Crippen molar-refractivity contribution in [1.82, 2.24) is 20.7 Å². The van der Waals surface area contributed by atoms with Crippen LogP contribution >= 0.6 is 0 Å². The molecule has 1 aromatic carbocycles. The first-order valence-electron chi connectivity index (χ1n) is 8.68. The number of hydrogen-bond acceptors (Lipinski definition) is 5. The van der Waals surface area contributed by atoms with E-state index in [-0.39, 0.29) is 17.6 Å². The maximum Gasteiger partial charge on any atom is 0.293 e. The van der Waals surface area contributed by atoms with Crippen LogP contribution in [-0.2, 0) is 30.7 Å². The van der Waals surface area contributed by atoms with Crippen LogP contribution < -0.4 is 10.8 Å². The zero-order valence-electron chi connectivity index (χ0n) is 14.2. The van der Waals surface area contributed by atoms with Gasteiger partial charge in [0.25, 0.3) is 5.91 Å². The number of hydroxylamine groups is 1. The molecule has 2 aliphatic heterocycles. The molecule has 0 radical (unpaired) electrons. The molecule has 7 nitrogen and oxygen atoms in total. The summed E-state index contributed by atoms with van der Waals surface area (Å²) in [5, 5.41) is 12.1. The predicted molar refractivity (Wildman–Crippen MR) is 93.4 cm³/mol. The van der Waals surface area contributed by atoms with E-state index in [0.29, 0.717) is 32.5 Å². The van der Waals surface area contributed by atoms with Crippen molar-refractivity contribution in [3.8, 4) is 0 Å². The lowest BCUT2D eigenvalue weighted by molar-refractivity contribution is -0.134. The summed E-state index contributed by atoms with van der Waals surface area (Å²) in [4.78, 5) is 30.6. The molecule has 2 amide bonds. The van der Waals surface area contributed by atoms with Gasteiger partial charge in [-0.15, -0.1) is 0 Å². The molecule has 0 saturated heterocycles. The molecule has 0 fully saturated rings. The summed E-state index contributed by atoms with van der Waals surface area (Å²) >= 11 is 0. The summed E-state index contributed by atoms with van der Waals surface area (Å²) in [6.07, 6.45) is 1.29. The third kappa shape index (κ3) is 3.07. The fourth-order valence-electron chi connectivity index (χ4n) is 3.64. The molecule has 26 heavy (non-hydrogen) atoms. The summed E-state index contributed by atoms with van der Waals surface area (Å²) < 4.78 is 0. The van der Waals surface area contributed by atoms with Gasteiger partial charge < -0.3 is 10.2 Å². The third-order valence-electron chi connectivity index (χ3n) is 5.07. The normalized spacial score (nSPS) is 18.7. The van der Waals surface area contributed by atoms with Crippen molar-refractivity contribution < 1.29 is 14.8 Å². The van der Waals surface area contributed by atoms with E-state index in [1.165, 1.54) is 11.1 Å². The zero-order valence-corrected chi connectivity index (χ0v) is 14.2. The molecule has 1 unspecified atom stereocenters. The van der Waals surface area contributed by atoms with Gasteiger partial charge in [-0.2, -0.15) is 0 Å². The zero-order chi connectivity index (χ0) is 18.1. The number of carbonyl (C=O) groups excluding carboxylic acids is 2. The Hall–Kier alpha value is -2.77. The van der Waals surface area contributed by atoms with Crippen LogP contribution in [0.5, 0.6) is 0 Å². The van der Waals surface area contributed by atoms with E-state index >= 15 is 0 Å². The Morgan fingerprint density at radius 3 is 2.77 bits per heavy atom. The van der Waals surface area contributed by atoms with Gasteiger partial charge in [0.15, 0.2) is 0 Å². The SMILES string of the molecule is O=C(NO)c1ccc2c(n1)CCN(C(=O)C1Cc3ccccc3CN1)C2. The van der Waals surface area contributed by atoms with Gasteiger partial charge in [-0.1, -0.05) is 30.3 Å². The minimum atomic E-state index is -0.628. The molecule has 4 rings (SSSR count). The van der Waals surface area contributed by atoms with Gasteiger partial charge in [-0.25, -0.2) is 10.5 Å². The average molecular weight is 352 g/mol. The Labute approximate surface area is 151 Å². The lowest BCUT2D eigenvalue weighted by Crippen LogP contribution is -2.50. The fraction of sp³-hybridized carbons (Fsp3) is 0.316. The Bertz CT molecular complexity index is 868. The summed E-state index contributed by atoms with van der Waals surface area (Å²) in [7, 11) is 0. The van der Waals surface area contributed by atoms with Gasteiger partial charge in [-0.3, -0.25) is 14.8 Å². The van der Waals surface area contributed by atoms with Crippen LogP contribution in [0.1, 0.15) is 32.9 Å². The minimum absolute atomic E-state index is 0.0994.